The van der Waals surface area contributed by atoms with Crippen LogP contribution < -0.4 is 0 Å². The molecule has 0 bridgehead atoms. The van der Waals surface area contributed by atoms with Gasteiger partial charge in [-0.1, -0.05) is 41.4 Å². The van der Waals surface area contributed by atoms with Crippen LogP contribution in [0.2, 0.25) is 10.0 Å². The van der Waals surface area contributed by atoms with Crippen LogP contribution in [0.4, 0.5) is 4.39 Å². The van der Waals surface area contributed by atoms with Gasteiger partial charge in [-0.15, -0.1) is 17.9 Å². The third kappa shape index (κ3) is 6.90. The van der Waals surface area contributed by atoms with E-state index >= 15 is 0 Å². The second-order valence-electron chi connectivity index (χ2n) is 7.49. The number of nitrogens with zero attached hydrogens (tertiary/aromatic N) is 2. The fourth-order valence-electron chi connectivity index (χ4n) is 3.27. The highest BCUT2D eigenvalue weighted by molar-refractivity contribution is 7.11. The molecule has 172 valence electrons. The molecule has 0 aliphatic carbocycles. The smallest absolute Gasteiger partial charge is 0.256 e. The maximum atomic E-state index is 13.4. The molecule has 1 heterocycles. The molecule has 0 unspecified atom stereocenters. The van der Waals surface area contributed by atoms with Crippen LogP contribution in [0.15, 0.2) is 67.3 Å². The summed E-state index contributed by atoms with van der Waals surface area (Å²) < 4.78 is 13.3. The lowest BCUT2D eigenvalue weighted by Crippen LogP contribution is -2.42. The summed E-state index contributed by atoms with van der Waals surface area (Å²) in [7, 11) is 0. The number of hydrogen-bond donors (Lipinski definition) is 0. The molecule has 3 rings (SSSR count). The Balaban J connectivity index is 1.83. The van der Waals surface area contributed by atoms with Crippen LogP contribution in [0.1, 0.15) is 25.7 Å². The Labute approximate surface area is 206 Å². The zero-order chi connectivity index (χ0) is 24.0. The first-order valence-electron chi connectivity index (χ1n) is 10.2. The minimum Gasteiger partial charge on any atom is -0.332 e. The Hall–Kier alpha value is -2.67. The highest BCUT2D eigenvalue weighted by atomic mass is 35.5. The minimum atomic E-state index is -0.390. The van der Waals surface area contributed by atoms with Crippen LogP contribution >= 0.6 is 34.5 Å². The number of carbonyl (C=O) groups excluding carboxylic acids is 2. The number of thiophene rings is 1. The van der Waals surface area contributed by atoms with E-state index in [1.165, 1.54) is 29.2 Å². The molecule has 3 aromatic rings. The number of rotatable bonds is 9. The molecular formula is C25H23Cl2FN2O2S. The largest absolute Gasteiger partial charge is 0.332 e. The summed E-state index contributed by atoms with van der Waals surface area (Å²) in [6, 6.07) is 14.6. The molecule has 0 N–H and O–H groups in total. The van der Waals surface area contributed by atoms with Crippen molar-refractivity contribution in [2.45, 2.75) is 20.0 Å². The molecule has 0 spiro atoms. The van der Waals surface area contributed by atoms with Crippen molar-refractivity contribution in [3.63, 3.8) is 0 Å². The average Bonchev–Trinajstić information content (AvgIpc) is 3.18. The summed E-state index contributed by atoms with van der Waals surface area (Å²) in [6.45, 7) is 6.39. The molecule has 33 heavy (non-hydrogen) atoms. The average molecular weight is 505 g/mol. The number of halogens is 3. The fourth-order valence-corrected chi connectivity index (χ4v) is 4.67. The SMILES string of the molecule is C=CCN(CC(=O)N(Cc1ccc(F)cc1)Cc1ccc(C)s1)C(=O)c1ccc(Cl)cc1Cl. The van der Waals surface area contributed by atoms with Gasteiger partial charge in [-0.2, -0.15) is 0 Å². The van der Waals surface area contributed by atoms with Crippen molar-refractivity contribution < 1.29 is 14.0 Å². The predicted molar refractivity (Wildman–Crippen MR) is 132 cm³/mol. The number of carbonyl (C=O) groups is 2. The lowest BCUT2D eigenvalue weighted by atomic mass is 10.2. The second-order valence-corrected chi connectivity index (χ2v) is 9.70. The van der Waals surface area contributed by atoms with Crippen molar-refractivity contribution in [1.82, 2.24) is 9.80 Å². The van der Waals surface area contributed by atoms with Gasteiger partial charge in [0.15, 0.2) is 0 Å². The number of aryl methyl sites for hydroxylation is 1. The van der Waals surface area contributed by atoms with Crippen molar-refractivity contribution in [1.29, 1.82) is 0 Å². The maximum absolute atomic E-state index is 13.4. The van der Waals surface area contributed by atoms with E-state index in [2.05, 4.69) is 6.58 Å². The maximum Gasteiger partial charge on any atom is 0.256 e. The molecule has 0 saturated carbocycles. The van der Waals surface area contributed by atoms with E-state index in [0.29, 0.717) is 11.6 Å². The quantitative estimate of drug-likeness (QED) is 0.318. The highest BCUT2D eigenvalue weighted by Gasteiger charge is 2.24. The summed E-state index contributed by atoms with van der Waals surface area (Å²) in [5.41, 5.74) is 1.05. The first kappa shape index (κ1) is 25.0. The van der Waals surface area contributed by atoms with Gasteiger partial charge >= 0.3 is 0 Å². The lowest BCUT2D eigenvalue weighted by molar-refractivity contribution is -0.133. The van der Waals surface area contributed by atoms with E-state index in [0.717, 1.165) is 15.3 Å². The van der Waals surface area contributed by atoms with Crippen LogP contribution in [0.5, 0.6) is 0 Å². The molecular weight excluding hydrogens is 482 g/mol. The van der Waals surface area contributed by atoms with Crippen molar-refractivity contribution in [3.8, 4) is 0 Å². The van der Waals surface area contributed by atoms with Gasteiger partial charge in [0.2, 0.25) is 5.91 Å². The molecule has 1 aromatic heterocycles. The second kappa shape index (κ2) is 11.5. The van der Waals surface area contributed by atoms with E-state index in [1.54, 1.807) is 40.5 Å². The lowest BCUT2D eigenvalue weighted by Gasteiger charge is -2.27. The minimum absolute atomic E-state index is 0.157. The predicted octanol–water partition coefficient (Wildman–Crippen LogP) is 6.36. The molecule has 0 atom stereocenters. The van der Waals surface area contributed by atoms with Crippen molar-refractivity contribution in [3.05, 3.63) is 104 Å². The van der Waals surface area contributed by atoms with E-state index in [1.807, 2.05) is 19.1 Å². The van der Waals surface area contributed by atoms with Gasteiger partial charge in [0.05, 0.1) is 17.1 Å². The van der Waals surface area contributed by atoms with Gasteiger partial charge in [0.1, 0.15) is 12.4 Å². The summed E-state index contributed by atoms with van der Waals surface area (Å²) in [6.07, 6.45) is 1.56. The molecule has 2 amide bonds. The van der Waals surface area contributed by atoms with E-state index in [-0.39, 0.29) is 41.9 Å². The van der Waals surface area contributed by atoms with Crippen LogP contribution in [-0.2, 0) is 17.9 Å². The monoisotopic (exact) mass is 504 g/mol. The Bertz CT molecular complexity index is 1150. The van der Waals surface area contributed by atoms with Crippen molar-refractivity contribution >= 4 is 46.4 Å². The molecule has 8 heteroatoms. The Morgan fingerprint density at radius 1 is 1.03 bits per heavy atom. The summed E-state index contributed by atoms with van der Waals surface area (Å²) >= 11 is 13.8. The molecule has 0 saturated heterocycles. The van der Waals surface area contributed by atoms with Crippen LogP contribution in [0.25, 0.3) is 0 Å². The summed E-state index contributed by atoms with van der Waals surface area (Å²) in [5.74, 6) is -0.975. The zero-order valence-corrected chi connectivity index (χ0v) is 20.4. The van der Waals surface area contributed by atoms with Crippen LogP contribution in [0.3, 0.4) is 0 Å². The van der Waals surface area contributed by atoms with E-state index in [4.69, 9.17) is 23.2 Å². The normalized spacial score (nSPS) is 10.7. The molecule has 4 nitrogen and oxygen atoms in total. The first-order valence-corrected chi connectivity index (χ1v) is 11.8. The van der Waals surface area contributed by atoms with Crippen molar-refractivity contribution in [2.75, 3.05) is 13.1 Å². The topological polar surface area (TPSA) is 40.6 Å². The molecule has 0 fully saturated rings. The molecule has 0 aliphatic heterocycles. The van der Waals surface area contributed by atoms with Gasteiger partial charge in [-0.25, -0.2) is 4.39 Å². The van der Waals surface area contributed by atoms with Gasteiger partial charge in [0, 0.05) is 27.9 Å². The highest BCUT2D eigenvalue weighted by Crippen LogP contribution is 2.23. The third-order valence-electron chi connectivity index (χ3n) is 4.91. The van der Waals surface area contributed by atoms with Crippen LogP contribution in [0, 0.1) is 12.7 Å². The zero-order valence-electron chi connectivity index (χ0n) is 18.1. The Kier molecular flexibility index (Phi) is 8.67. The number of amides is 2. The Morgan fingerprint density at radius 2 is 1.76 bits per heavy atom. The fraction of sp³-hybridized carbons (Fsp3) is 0.200. The van der Waals surface area contributed by atoms with Crippen LogP contribution in [-0.4, -0.2) is 34.7 Å². The number of benzene rings is 2. The van der Waals surface area contributed by atoms with Gasteiger partial charge in [-0.05, 0) is 55.0 Å². The molecule has 0 aliphatic rings. The summed E-state index contributed by atoms with van der Waals surface area (Å²) in [4.78, 5) is 31.7. The van der Waals surface area contributed by atoms with Crippen molar-refractivity contribution in [2.24, 2.45) is 0 Å². The molecule has 0 radical (unpaired) electrons. The summed E-state index contributed by atoms with van der Waals surface area (Å²) in [5, 5.41) is 0.630. The van der Waals surface area contributed by atoms with Gasteiger partial charge in [-0.3, -0.25) is 9.59 Å². The number of hydrogen-bond acceptors (Lipinski definition) is 3. The van der Waals surface area contributed by atoms with Gasteiger partial charge in [0.25, 0.3) is 5.91 Å². The third-order valence-corrected chi connectivity index (χ3v) is 6.44. The van der Waals surface area contributed by atoms with E-state index in [9.17, 15) is 14.0 Å². The van der Waals surface area contributed by atoms with Gasteiger partial charge < -0.3 is 9.80 Å². The first-order chi connectivity index (χ1) is 15.8. The van der Waals surface area contributed by atoms with E-state index < -0.39 is 5.91 Å². The molecule has 2 aromatic carbocycles. The Morgan fingerprint density at radius 3 is 2.36 bits per heavy atom. The standard InChI is InChI=1S/C25H23Cl2FN2O2S/c1-3-12-29(25(32)22-11-7-19(26)13-23(22)27)16-24(31)30(15-21-10-4-17(2)33-21)14-18-5-8-20(28)9-6-18/h3-11,13H,1,12,14-16H2,2H3.